The molecule has 3 aromatic rings. The third kappa shape index (κ3) is 2.75. The number of oxazole rings is 1. The number of pyridine rings is 1. The van der Waals surface area contributed by atoms with Gasteiger partial charge in [-0.05, 0) is 18.9 Å². The highest BCUT2D eigenvalue weighted by atomic mass is 19.4. The molecule has 2 fully saturated rings. The van der Waals surface area contributed by atoms with Gasteiger partial charge in [0, 0.05) is 19.3 Å². The lowest BCUT2D eigenvalue weighted by molar-refractivity contribution is -0.137. The number of rotatable bonds is 2. The van der Waals surface area contributed by atoms with E-state index in [1.54, 1.807) is 4.90 Å². The van der Waals surface area contributed by atoms with E-state index in [1.165, 1.54) is 16.8 Å². The number of carbonyl (C=O) groups excluding carboxylic acids is 1. The summed E-state index contributed by atoms with van der Waals surface area (Å²) >= 11 is 0. The van der Waals surface area contributed by atoms with Gasteiger partial charge in [0.2, 0.25) is 0 Å². The van der Waals surface area contributed by atoms with Gasteiger partial charge in [0.15, 0.2) is 12.2 Å². The van der Waals surface area contributed by atoms with Crippen LogP contribution >= 0.6 is 0 Å². The Morgan fingerprint density at radius 2 is 1.93 bits per heavy atom. The van der Waals surface area contributed by atoms with Crippen LogP contribution in [0.3, 0.4) is 0 Å². The first-order chi connectivity index (χ1) is 13.4. The Kier molecular flexibility index (Phi) is 3.73. The van der Waals surface area contributed by atoms with Crippen LogP contribution in [0.1, 0.15) is 28.9 Å². The fraction of sp³-hybridized carbons (Fsp3) is 0.389. The Bertz CT molecular complexity index is 1030. The number of halogens is 3. The molecule has 0 saturated carbocycles. The summed E-state index contributed by atoms with van der Waals surface area (Å²) in [6.45, 7) is 0.854. The maximum Gasteiger partial charge on any atom is 0.417 e. The van der Waals surface area contributed by atoms with Crippen molar-refractivity contribution >= 4 is 11.6 Å². The van der Waals surface area contributed by atoms with Crippen LogP contribution in [0.2, 0.25) is 0 Å². The first-order valence-corrected chi connectivity index (χ1v) is 8.82. The van der Waals surface area contributed by atoms with Gasteiger partial charge in [-0.25, -0.2) is 9.97 Å². The molecule has 5 rings (SSSR count). The summed E-state index contributed by atoms with van der Waals surface area (Å²) in [6.07, 6.45) is 1.78. The summed E-state index contributed by atoms with van der Waals surface area (Å²) in [5, 5.41) is 0. The minimum absolute atomic E-state index is 0.0163. The normalized spacial score (nSPS) is 22.2. The molecule has 2 saturated heterocycles. The number of hydrogen-bond donors (Lipinski definition) is 0. The summed E-state index contributed by atoms with van der Waals surface area (Å²) in [4.78, 5) is 22.6. The standard InChI is InChI=1S/C18H15F3N4O3/c19-18(20,21)10-3-13(15-5-22-9-27-15)16-23-4-14(25(16)6-10)17(26)24-7-11-1-2-12(8-24)28-11/h3-6,9,11-12H,1-2,7-8H2. The number of imidazole rings is 1. The lowest BCUT2D eigenvalue weighted by Crippen LogP contribution is -2.46. The summed E-state index contributed by atoms with van der Waals surface area (Å²) in [7, 11) is 0. The van der Waals surface area contributed by atoms with Crippen molar-refractivity contribution in [3.63, 3.8) is 0 Å². The Morgan fingerprint density at radius 1 is 1.18 bits per heavy atom. The van der Waals surface area contributed by atoms with Crippen molar-refractivity contribution in [1.29, 1.82) is 0 Å². The number of ether oxygens (including phenoxy) is 1. The molecule has 2 aliphatic rings. The third-order valence-corrected chi connectivity index (χ3v) is 5.18. The number of aromatic nitrogens is 3. The van der Waals surface area contributed by atoms with E-state index in [0.29, 0.717) is 13.1 Å². The van der Waals surface area contributed by atoms with Gasteiger partial charge in [-0.1, -0.05) is 0 Å². The molecule has 2 unspecified atom stereocenters. The highest BCUT2D eigenvalue weighted by Gasteiger charge is 2.37. The highest BCUT2D eigenvalue weighted by Crippen LogP contribution is 2.35. The molecule has 10 heteroatoms. The van der Waals surface area contributed by atoms with Crippen LogP contribution in [0.5, 0.6) is 0 Å². The maximum absolute atomic E-state index is 13.5. The van der Waals surface area contributed by atoms with E-state index in [1.807, 2.05) is 0 Å². The van der Waals surface area contributed by atoms with Crippen molar-refractivity contribution in [2.75, 3.05) is 13.1 Å². The molecule has 146 valence electrons. The average molecular weight is 392 g/mol. The molecule has 0 aromatic carbocycles. The van der Waals surface area contributed by atoms with Crippen molar-refractivity contribution in [3.05, 3.63) is 42.3 Å². The monoisotopic (exact) mass is 392 g/mol. The van der Waals surface area contributed by atoms with E-state index < -0.39 is 11.7 Å². The number of alkyl halides is 3. The molecule has 7 nitrogen and oxygen atoms in total. The fourth-order valence-electron chi connectivity index (χ4n) is 3.87. The lowest BCUT2D eigenvalue weighted by Gasteiger charge is -2.31. The maximum atomic E-state index is 13.5. The topological polar surface area (TPSA) is 72.9 Å². The molecule has 0 radical (unpaired) electrons. The van der Waals surface area contributed by atoms with E-state index in [0.717, 1.165) is 31.5 Å². The molecule has 0 aliphatic carbocycles. The van der Waals surface area contributed by atoms with Crippen molar-refractivity contribution in [3.8, 4) is 11.3 Å². The molecule has 3 aromatic heterocycles. The molecule has 5 heterocycles. The van der Waals surface area contributed by atoms with Gasteiger partial charge in [0.25, 0.3) is 5.91 Å². The number of likely N-dealkylation sites (tertiary alicyclic amines) is 1. The van der Waals surface area contributed by atoms with Gasteiger partial charge in [0.1, 0.15) is 11.3 Å². The van der Waals surface area contributed by atoms with Crippen LogP contribution in [0.4, 0.5) is 13.2 Å². The average Bonchev–Trinajstić information content (AvgIpc) is 3.39. The van der Waals surface area contributed by atoms with Crippen molar-refractivity contribution in [1.82, 2.24) is 19.3 Å². The van der Waals surface area contributed by atoms with Gasteiger partial charge < -0.3 is 14.1 Å². The Balaban J connectivity index is 1.62. The molecule has 2 atom stereocenters. The molecule has 0 spiro atoms. The molecule has 28 heavy (non-hydrogen) atoms. The van der Waals surface area contributed by atoms with E-state index in [2.05, 4.69) is 9.97 Å². The lowest BCUT2D eigenvalue weighted by atomic mass is 10.1. The number of hydrogen-bond acceptors (Lipinski definition) is 5. The molecule has 2 aliphatic heterocycles. The predicted molar refractivity (Wildman–Crippen MR) is 89.5 cm³/mol. The zero-order valence-electron chi connectivity index (χ0n) is 14.5. The summed E-state index contributed by atoms with van der Waals surface area (Å²) < 4.78 is 52.4. The van der Waals surface area contributed by atoms with E-state index >= 15 is 0 Å². The fourth-order valence-corrected chi connectivity index (χ4v) is 3.87. The third-order valence-electron chi connectivity index (χ3n) is 5.18. The van der Waals surface area contributed by atoms with Crippen LogP contribution in [0, 0.1) is 0 Å². The minimum atomic E-state index is -4.59. The Hall–Kier alpha value is -2.88. The van der Waals surface area contributed by atoms with Crippen LogP contribution in [-0.2, 0) is 10.9 Å². The van der Waals surface area contributed by atoms with Gasteiger partial charge >= 0.3 is 6.18 Å². The van der Waals surface area contributed by atoms with E-state index in [9.17, 15) is 18.0 Å². The van der Waals surface area contributed by atoms with Crippen molar-refractivity contribution in [2.45, 2.75) is 31.2 Å². The predicted octanol–water partition coefficient (Wildman–Crippen LogP) is 3.01. The Labute approximate surface area is 156 Å². The number of amides is 1. The van der Waals surface area contributed by atoms with Crippen LogP contribution in [-0.4, -0.2) is 50.5 Å². The highest BCUT2D eigenvalue weighted by molar-refractivity contribution is 5.94. The van der Waals surface area contributed by atoms with Gasteiger partial charge in [-0.2, -0.15) is 13.2 Å². The summed E-state index contributed by atoms with van der Waals surface area (Å²) in [6, 6.07) is 0.950. The number of nitrogens with zero attached hydrogens (tertiary/aromatic N) is 4. The minimum Gasteiger partial charge on any atom is -0.443 e. The summed E-state index contributed by atoms with van der Waals surface area (Å²) in [5.41, 5.74) is -0.513. The quantitative estimate of drug-likeness (QED) is 0.670. The van der Waals surface area contributed by atoms with Crippen LogP contribution < -0.4 is 0 Å². The zero-order valence-corrected chi connectivity index (χ0v) is 14.5. The van der Waals surface area contributed by atoms with Crippen molar-refractivity contribution < 1.29 is 27.1 Å². The smallest absolute Gasteiger partial charge is 0.417 e. The van der Waals surface area contributed by atoms with Crippen molar-refractivity contribution in [2.24, 2.45) is 0 Å². The van der Waals surface area contributed by atoms with E-state index in [-0.39, 0.29) is 40.8 Å². The van der Waals surface area contributed by atoms with Gasteiger partial charge in [-0.3, -0.25) is 9.20 Å². The van der Waals surface area contributed by atoms with E-state index in [4.69, 9.17) is 9.15 Å². The Morgan fingerprint density at radius 3 is 2.57 bits per heavy atom. The van der Waals surface area contributed by atoms with Crippen LogP contribution in [0.25, 0.3) is 17.0 Å². The summed E-state index contributed by atoms with van der Waals surface area (Å²) in [5.74, 6) is -0.222. The number of carbonyl (C=O) groups is 1. The van der Waals surface area contributed by atoms with Gasteiger partial charge in [0.05, 0.1) is 35.7 Å². The SMILES string of the molecule is O=C(c1cnc2c(-c3cnco3)cc(C(F)(F)F)cn12)N1CC2CCC(C1)O2. The van der Waals surface area contributed by atoms with Gasteiger partial charge in [-0.15, -0.1) is 0 Å². The first kappa shape index (κ1) is 17.2. The second-order valence-electron chi connectivity index (χ2n) is 7.01. The second-order valence-corrected chi connectivity index (χ2v) is 7.01. The largest absolute Gasteiger partial charge is 0.443 e. The molecule has 0 N–H and O–H groups in total. The molecule has 1 amide bonds. The molecular formula is C18H15F3N4O3. The zero-order chi connectivity index (χ0) is 19.5. The number of fused-ring (bicyclic) bond motifs is 3. The number of morpholine rings is 1. The molecule has 2 bridgehead atoms. The first-order valence-electron chi connectivity index (χ1n) is 8.82. The van der Waals surface area contributed by atoms with Crippen LogP contribution in [0.15, 0.2) is 35.5 Å². The second kappa shape index (κ2) is 6.06. The molecular weight excluding hydrogens is 377 g/mol.